The van der Waals surface area contributed by atoms with Crippen molar-refractivity contribution in [2.45, 2.75) is 67.7 Å². The van der Waals surface area contributed by atoms with Crippen LogP contribution in [0.15, 0.2) is 53.6 Å². The number of thioether (sulfide) groups is 1. The number of anilines is 1. The van der Waals surface area contributed by atoms with E-state index in [2.05, 4.69) is 39.5 Å². The van der Waals surface area contributed by atoms with Gasteiger partial charge in [0.05, 0.1) is 13.7 Å². The highest BCUT2D eigenvalue weighted by Crippen LogP contribution is 2.41. The van der Waals surface area contributed by atoms with Crippen molar-refractivity contribution in [3.8, 4) is 5.75 Å². The average molecular weight is 507 g/mol. The molecule has 2 fully saturated rings. The molecule has 2 heterocycles. The van der Waals surface area contributed by atoms with Crippen LogP contribution in [0.3, 0.4) is 0 Å². The summed E-state index contributed by atoms with van der Waals surface area (Å²) in [5.41, 5.74) is 3.85. The van der Waals surface area contributed by atoms with Gasteiger partial charge in [-0.25, -0.2) is 9.48 Å². The highest BCUT2D eigenvalue weighted by atomic mass is 32.2. The lowest BCUT2D eigenvalue weighted by Crippen LogP contribution is -2.29. The number of hydrogen-bond acceptors (Lipinski definition) is 6. The molecule has 190 valence electrons. The van der Waals surface area contributed by atoms with E-state index in [1.54, 1.807) is 23.6 Å². The van der Waals surface area contributed by atoms with Crippen LogP contribution in [-0.2, 0) is 6.54 Å². The van der Waals surface area contributed by atoms with Crippen LogP contribution >= 0.6 is 11.8 Å². The van der Waals surface area contributed by atoms with E-state index in [-0.39, 0.29) is 5.69 Å². The Morgan fingerprint density at radius 1 is 1.00 bits per heavy atom. The van der Waals surface area contributed by atoms with Gasteiger partial charge in [-0.2, -0.15) is 0 Å². The van der Waals surface area contributed by atoms with Gasteiger partial charge in [-0.3, -0.25) is 0 Å². The Morgan fingerprint density at radius 2 is 1.69 bits per heavy atom. The van der Waals surface area contributed by atoms with Crippen LogP contribution in [0, 0.1) is 0 Å². The number of hydrogen-bond donors (Lipinski definition) is 1. The van der Waals surface area contributed by atoms with Crippen LogP contribution in [0.25, 0.3) is 0 Å². The van der Waals surface area contributed by atoms with Crippen molar-refractivity contribution in [2.75, 3.05) is 25.1 Å². The minimum absolute atomic E-state index is 0.0453. The number of aromatic nitrogens is 3. The second kappa shape index (κ2) is 11.4. The Morgan fingerprint density at radius 3 is 2.33 bits per heavy atom. The quantitative estimate of drug-likeness (QED) is 0.411. The topological polar surface area (TPSA) is 80.5 Å². The van der Waals surface area contributed by atoms with Crippen molar-refractivity contribution in [1.29, 1.82) is 0 Å². The van der Waals surface area contributed by atoms with Crippen molar-refractivity contribution >= 4 is 23.4 Å². The normalized spacial score (nSPS) is 20.3. The third kappa shape index (κ3) is 5.69. The van der Waals surface area contributed by atoms with Crippen LogP contribution < -0.4 is 9.64 Å². The molecule has 8 heteroatoms. The van der Waals surface area contributed by atoms with Crippen LogP contribution in [-0.4, -0.2) is 51.5 Å². The zero-order valence-electron chi connectivity index (χ0n) is 20.8. The van der Waals surface area contributed by atoms with E-state index in [0.717, 1.165) is 37.0 Å². The van der Waals surface area contributed by atoms with E-state index in [4.69, 9.17) is 4.74 Å². The first-order valence-corrected chi connectivity index (χ1v) is 13.8. The van der Waals surface area contributed by atoms with Gasteiger partial charge in [0.25, 0.3) is 0 Å². The molecule has 1 saturated carbocycles. The number of carboxylic acids is 1. The summed E-state index contributed by atoms with van der Waals surface area (Å²) < 4.78 is 6.96. The lowest BCUT2D eigenvalue weighted by atomic mass is 9.84. The van der Waals surface area contributed by atoms with E-state index < -0.39 is 5.97 Å². The van der Waals surface area contributed by atoms with Gasteiger partial charge in [0.1, 0.15) is 10.8 Å². The van der Waals surface area contributed by atoms with E-state index in [9.17, 15) is 9.90 Å². The fourth-order valence-electron chi connectivity index (χ4n) is 5.34. The van der Waals surface area contributed by atoms with Crippen LogP contribution in [0.2, 0.25) is 0 Å². The van der Waals surface area contributed by atoms with E-state index in [0.29, 0.717) is 22.7 Å². The number of carboxylic acid groups (broad SMARTS) is 1. The van der Waals surface area contributed by atoms with Gasteiger partial charge in [-0.1, -0.05) is 29.5 Å². The summed E-state index contributed by atoms with van der Waals surface area (Å²) in [7, 11) is 1.64. The number of nitrogens with zero attached hydrogens (tertiary/aromatic N) is 4. The molecule has 3 aromatic rings. The van der Waals surface area contributed by atoms with Crippen molar-refractivity contribution in [3.05, 3.63) is 65.4 Å². The minimum Gasteiger partial charge on any atom is -0.497 e. The van der Waals surface area contributed by atoms with Gasteiger partial charge in [-0.15, -0.1) is 16.9 Å². The van der Waals surface area contributed by atoms with Gasteiger partial charge in [0, 0.05) is 24.0 Å². The van der Waals surface area contributed by atoms with Gasteiger partial charge in [0.15, 0.2) is 0 Å². The molecular weight excluding hydrogens is 472 g/mol. The fourth-order valence-corrected chi connectivity index (χ4v) is 6.63. The zero-order chi connectivity index (χ0) is 24.9. The minimum atomic E-state index is -1.03. The predicted octanol–water partition coefficient (Wildman–Crippen LogP) is 5.84. The molecule has 36 heavy (non-hydrogen) atoms. The Labute approximate surface area is 216 Å². The summed E-state index contributed by atoms with van der Waals surface area (Å²) >= 11 is 1.62. The third-order valence-electron chi connectivity index (χ3n) is 7.42. The molecule has 0 radical (unpaired) electrons. The standard InChI is InChI=1S/C28H34N4O3S/c1-35-24-13-5-20(6-14-24)19-32-27(26(28(33)34)29-30-32)36-25-15-9-22(10-16-25)21-7-11-23(12-8-21)31-17-3-2-4-18-31/h5-8,11-14,22,25H,2-4,9-10,15-19H2,1H3,(H,33,34). The summed E-state index contributed by atoms with van der Waals surface area (Å²) in [4.78, 5) is 14.3. The van der Waals surface area contributed by atoms with Crippen LogP contribution in [0.4, 0.5) is 5.69 Å². The van der Waals surface area contributed by atoms with Gasteiger partial charge in [0.2, 0.25) is 5.69 Å². The Bertz CT molecular complexity index is 1150. The Kier molecular flexibility index (Phi) is 7.80. The summed E-state index contributed by atoms with van der Waals surface area (Å²) in [6.45, 7) is 2.82. The van der Waals surface area contributed by atoms with E-state index in [1.165, 1.54) is 43.6 Å². The average Bonchev–Trinajstić information content (AvgIpc) is 3.32. The Hall–Kier alpha value is -3.00. The summed E-state index contributed by atoms with van der Waals surface area (Å²) in [6.07, 6.45) is 8.27. The first kappa shape index (κ1) is 24.7. The second-order valence-electron chi connectivity index (χ2n) is 9.78. The molecule has 1 N–H and O–H groups in total. The first-order chi connectivity index (χ1) is 17.6. The number of aromatic carboxylic acids is 1. The maximum Gasteiger partial charge on any atom is 0.359 e. The molecule has 2 aliphatic rings. The lowest BCUT2D eigenvalue weighted by Gasteiger charge is -2.30. The molecule has 0 atom stereocenters. The molecule has 1 aliphatic heterocycles. The Balaban J connectivity index is 1.21. The number of benzene rings is 2. The van der Waals surface area contributed by atoms with Crippen molar-refractivity contribution in [1.82, 2.24) is 15.0 Å². The number of rotatable bonds is 8. The maximum absolute atomic E-state index is 11.8. The smallest absolute Gasteiger partial charge is 0.359 e. The molecule has 5 rings (SSSR count). The summed E-state index contributed by atoms with van der Waals surface area (Å²) in [6, 6.07) is 17.0. The largest absolute Gasteiger partial charge is 0.497 e. The molecule has 0 amide bonds. The number of carbonyl (C=O) groups is 1. The van der Waals surface area contributed by atoms with E-state index >= 15 is 0 Å². The van der Waals surface area contributed by atoms with Gasteiger partial charge >= 0.3 is 5.97 Å². The predicted molar refractivity (Wildman–Crippen MR) is 142 cm³/mol. The second-order valence-corrected chi connectivity index (χ2v) is 11.1. The molecule has 1 aliphatic carbocycles. The van der Waals surface area contributed by atoms with Crippen molar-refractivity contribution in [2.24, 2.45) is 0 Å². The molecule has 7 nitrogen and oxygen atoms in total. The molecule has 0 bridgehead atoms. The lowest BCUT2D eigenvalue weighted by molar-refractivity contribution is 0.0686. The number of ether oxygens (including phenoxy) is 1. The summed E-state index contributed by atoms with van der Waals surface area (Å²) in [5.74, 6) is 0.329. The van der Waals surface area contributed by atoms with Gasteiger partial charge < -0.3 is 14.7 Å². The molecule has 0 unspecified atom stereocenters. The zero-order valence-corrected chi connectivity index (χ0v) is 21.6. The molecule has 0 spiro atoms. The molecular formula is C28H34N4O3S. The van der Waals surface area contributed by atoms with E-state index in [1.807, 2.05) is 24.3 Å². The third-order valence-corrected chi connectivity index (χ3v) is 8.85. The molecule has 2 aromatic carbocycles. The van der Waals surface area contributed by atoms with Crippen molar-refractivity contribution in [3.63, 3.8) is 0 Å². The summed E-state index contributed by atoms with van der Waals surface area (Å²) in [5, 5.41) is 18.9. The maximum atomic E-state index is 11.8. The first-order valence-electron chi connectivity index (χ1n) is 12.9. The molecule has 1 saturated heterocycles. The highest BCUT2D eigenvalue weighted by Gasteiger charge is 2.28. The highest BCUT2D eigenvalue weighted by molar-refractivity contribution is 7.99. The van der Waals surface area contributed by atoms with Crippen LogP contribution in [0.5, 0.6) is 5.75 Å². The monoisotopic (exact) mass is 506 g/mol. The van der Waals surface area contributed by atoms with Gasteiger partial charge in [-0.05, 0) is 86.3 Å². The van der Waals surface area contributed by atoms with Crippen molar-refractivity contribution < 1.29 is 14.6 Å². The van der Waals surface area contributed by atoms with Crippen LogP contribution in [0.1, 0.15) is 72.5 Å². The fraction of sp³-hybridized carbons (Fsp3) is 0.464. The number of methoxy groups -OCH3 is 1. The molecule has 1 aromatic heterocycles. The SMILES string of the molecule is COc1ccc(Cn2nnc(C(=O)O)c2SC2CCC(c3ccc(N4CCCCC4)cc3)CC2)cc1. The number of piperidine rings is 1.